The molecule has 0 bridgehead atoms. The molecule has 0 saturated carbocycles. The van der Waals surface area contributed by atoms with Crippen molar-refractivity contribution in [3.63, 3.8) is 0 Å². The number of likely N-dealkylation sites (N-methyl/N-ethyl adjacent to an activating group) is 1. The normalized spacial score (nSPS) is 11.8. The lowest BCUT2D eigenvalue weighted by Crippen LogP contribution is -2.32. The molecule has 2 aromatic rings. The summed E-state index contributed by atoms with van der Waals surface area (Å²) < 4.78 is 4.75. The fourth-order valence-electron chi connectivity index (χ4n) is 2.17. The molecule has 0 aliphatic carbocycles. The monoisotopic (exact) mass is 328 g/mol. The molecule has 7 heteroatoms. The van der Waals surface area contributed by atoms with Crippen LogP contribution in [0.2, 0.25) is 0 Å². The maximum absolute atomic E-state index is 12.4. The number of amides is 2. The van der Waals surface area contributed by atoms with Crippen molar-refractivity contribution < 1.29 is 14.1 Å². The van der Waals surface area contributed by atoms with Crippen LogP contribution in [0, 0.1) is 5.92 Å². The van der Waals surface area contributed by atoms with E-state index in [0.717, 1.165) is 0 Å². The fraction of sp³-hybridized carbons (Fsp3) is 0.294. The minimum absolute atomic E-state index is 0.0992. The highest BCUT2D eigenvalue weighted by atomic mass is 16.5. The van der Waals surface area contributed by atoms with Gasteiger partial charge < -0.3 is 14.7 Å². The van der Waals surface area contributed by atoms with E-state index in [0.29, 0.717) is 17.1 Å². The number of hydrogen-bond acceptors (Lipinski definition) is 5. The predicted octanol–water partition coefficient (Wildman–Crippen LogP) is 2.35. The second kappa shape index (κ2) is 7.54. The standard InChI is InChI=1S/C17H20N4O3/c1-5-14(22)21(4)13-8-6-12(7-9-13)17(23)19-15(11(2)3)16-18-10-24-20-16/h5-11,15H,1H2,2-4H3,(H,19,23). The molecule has 24 heavy (non-hydrogen) atoms. The topological polar surface area (TPSA) is 88.3 Å². The second-order valence-corrected chi connectivity index (χ2v) is 5.63. The molecule has 0 spiro atoms. The van der Waals surface area contributed by atoms with Crippen molar-refractivity contribution in [1.82, 2.24) is 15.5 Å². The van der Waals surface area contributed by atoms with Crippen molar-refractivity contribution in [3.05, 3.63) is 54.7 Å². The third-order valence-corrected chi connectivity index (χ3v) is 3.63. The van der Waals surface area contributed by atoms with E-state index >= 15 is 0 Å². The van der Waals surface area contributed by atoms with Crippen molar-refractivity contribution in [2.24, 2.45) is 5.92 Å². The van der Waals surface area contributed by atoms with Gasteiger partial charge in [0.15, 0.2) is 5.82 Å². The Morgan fingerprint density at radius 1 is 1.29 bits per heavy atom. The van der Waals surface area contributed by atoms with Gasteiger partial charge in [0.1, 0.15) is 0 Å². The molecule has 1 atom stereocenters. The van der Waals surface area contributed by atoms with Crippen molar-refractivity contribution in [1.29, 1.82) is 0 Å². The molecule has 7 nitrogen and oxygen atoms in total. The average molecular weight is 328 g/mol. The van der Waals surface area contributed by atoms with E-state index in [1.165, 1.54) is 17.4 Å². The molecule has 1 aromatic heterocycles. The third kappa shape index (κ3) is 3.87. The summed E-state index contributed by atoms with van der Waals surface area (Å²) in [5.74, 6) is 0.0698. The number of nitrogens with zero attached hydrogens (tertiary/aromatic N) is 3. The number of nitrogens with one attached hydrogen (secondary N) is 1. The lowest BCUT2D eigenvalue weighted by atomic mass is 10.0. The molecule has 2 rings (SSSR count). The number of rotatable bonds is 6. The van der Waals surface area contributed by atoms with E-state index in [1.54, 1.807) is 31.3 Å². The van der Waals surface area contributed by atoms with Gasteiger partial charge in [0.25, 0.3) is 5.91 Å². The van der Waals surface area contributed by atoms with Gasteiger partial charge in [-0.25, -0.2) is 0 Å². The van der Waals surface area contributed by atoms with E-state index in [1.807, 2.05) is 13.8 Å². The van der Waals surface area contributed by atoms with Crippen LogP contribution in [-0.2, 0) is 4.79 Å². The van der Waals surface area contributed by atoms with Crippen molar-refractivity contribution >= 4 is 17.5 Å². The molecule has 1 unspecified atom stereocenters. The van der Waals surface area contributed by atoms with Gasteiger partial charge in [-0.1, -0.05) is 25.6 Å². The summed E-state index contributed by atoms with van der Waals surface area (Å²) in [5.41, 5.74) is 1.15. The first-order valence-electron chi connectivity index (χ1n) is 7.51. The maximum atomic E-state index is 12.4. The van der Waals surface area contributed by atoms with Crippen LogP contribution in [0.1, 0.15) is 36.1 Å². The Morgan fingerprint density at radius 2 is 1.96 bits per heavy atom. The first kappa shape index (κ1) is 17.4. The summed E-state index contributed by atoms with van der Waals surface area (Å²) in [6.07, 6.45) is 2.47. The first-order valence-corrected chi connectivity index (χ1v) is 7.51. The van der Waals surface area contributed by atoms with Crippen molar-refractivity contribution in [2.45, 2.75) is 19.9 Å². The highest BCUT2D eigenvalue weighted by molar-refractivity contribution is 6.01. The van der Waals surface area contributed by atoms with E-state index in [9.17, 15) is 9.59 Å². The average Bonchev–Trinajstić information content (AvgIpc) is 3.12. The van der Waals surface area contributed by atoms with Crippen LogP contribution in [-0.4, -0.2) is 29.0 Å². The Morgan fingerprint density at radius 3 is 2.46 bits per heavy atom. The molecule has 0 radical (unpaired) electrons. The largest absolute Gasteiger partial charge is 0.343 e. The number of benzene rings is 1. The van der Waals surface area contributed by atoms with Gasteiger partial charge in [0.05, 0.1) is 6.04 Å². The summed E-state index contributed by atoms with van der Waals surface area (Å²) >= 11 is 0. The Balaban J connectivity index is 2.12. The first-order chi connectivity index (χ1) is 11.4. The summed E-state index contributed by atoms with van der Waals surface area (Å²) in [6, 6.07) is 6.38. The molecule has 126 valence electrons. The number of carbonyl (C=O) groups excluding carboxylic acids is 2. The van der Waals surface area contributed by atoms with Crippen LogP contribution >= 0.6 is 0 Å². The van der Waals surface area contributed by atoms with E-state index < -0.39 is 0 Å². The molecule has 0 aliphatic heterocycles. The Labute approximate surface area is 140 Å². The Kier molecular flexibility index (Phi) is 5.47. The van der Waals surface area contributed by atoms with Gasteiger partial charge in [-0.3, -0.25) is 9.59 Å². The molecule has 1 heterocycles. The number of carbonyl (C=O) groups is 2. The maximum Gasteiger partial charge on any atom is 0.251 e. The second-order valence-electron chi connectivity index (χ2n) is 5.63. The minimum atomic E-state index is -0.346. The molecule has 0 aliphatic rings. The van der Waals surface area contributed by atoms with Gasteiger partial charge in [-0.05, 0) is 36.3 Å². The Bertz CT molecular complexity index is 708. The molecule has 1 N–H and O–H groups in total. The highest BCUT2D eigenvalue weighted by Gasteiger charge is 2.23. The lowest BCUT2D eigenvalue weighted by molar-refractivity contribution is -0.113. The summed E-state index contributed by atoms with van der Waals surface area (Å²) in [4.78, 5) is 29.5. The molecule has 1 aromatic carbocycles. The summed E-state index contributed by atoms with van der Waals surface area (Å²) in [5, 5.41) is 6.69. The quantitative estimate of drug-likeness (QED) is 0.822. The zero-order valence-electron chi connectivity index (χ0n) is 13.9. The van der Waals surface area contributed by atoms with E-state index in [-0.39, 0.29) is 23.8 Å². The Hall–Kier alpha value is -2.96. The van der Waals surface area contributed by atoms with Crippen LogP contribution in [0.25, 0.3) is 0 Å². The fourth-order valence-corrected chi connectivity index (χ4v) is 2.17. The van der Waals surface area contributed by atoms with Gasteiger partial charge in [0.2, 0.25) is 12.3 Å². The smallest absolute Gasteiger partial charge is 0.251 e. The molecular formula is C17H20N4O3. The van der Waals surface area contributed by atoms with Crippen molar-refractivity contribution in [2.75, 3.05) is 11.9 Å². The molecular weight excluding hydrogens is 308 g/mol. The van der Waals surface area contributed by atoms with Crippen LogP contribution in [0.3, 0.4) is 0 Å². The molecule has 2 amide bonds. The third-order valence-electron chi connectivity index (χ3n) is 3.63. The van der Waals surface area contributed by atoms with Gasteiger partial charge >= 0.3 is 0 Å². The SMILES string of the molecule is C=CC(=O)N(C)c1ccc(C(=O)NC(c2ncon2)C(C)C)cc1. The van der Waals surface area contributed by atoms with Gasteiger partial charge in [0, 0.05) is 18.3 Å². The number of anilines is 1. The van der Waals surface area contributed by atoms with Gasteiger partial charge in [-0.2, -0.15) is 4.98 Å². The van der Waals surface area contributed by atoms with E-state index in [4.69, 9.17) is 4.52 Å². The van der Waals surface area contributed by atoms with Gasteiger partial charge in [-0.15, -0.1) is 0 Å². The summed E-state index contributed by atoms with van der Waals surface area (Å²) in [7, 11) is 1.64. The zero-order chi connectivity index (χ0) is 17.7. The minimum Gasteiger partial charge on any atom is -0.343 e. The van der Waals surface area contributed by atoms with Crippen LogP contribution in [0.4, 0.5) is 5.69 Å². The van der Waals surface area contributed by atoms with Crippen LogP contribution in [0.15, 0.2) is 47.8 Å². The van der Waals surface area contributed by atoms with Crippen LogP contribution < -0.4 is 10.2 Å². The van der Waals surface area contributed by atoms with E-state index in [2.05, 4.69) is 22.0 Å². The summed E-state index contributed by atoms with van der Waals surface area (Å²) in [6.45, 7) is 7.37. The lowest BCUT2D eigenvalue weighted by Gasteiger charge is -2.19. The molecule has 0 saturated heterocycles. The predicted molar refractivity (Wildman–Crippen MR) is 89.4 cm³/mol. The number of aromatic nitrogens is 2. The molecule has 0 fully saturated rings. The van der Waals surface area contributed by atoms with Crippen LogP contribution in [0.5, 0.6) is 0 Å². The van der Waals surface area contributed by atoms with Crippen molar-refractivity contribution in [3.8, 4) is 0 Å². The highest BCUT2D eigenvalue weighted by Crippen LogP contribution is 2.20. The number of hydrogen-bond donors (Lipinski definition) is 1. The zero-order valence-corrected chi connectivity index (χ0v) is 13.9.